The number of aromatic nitrogens is 1. The van der Waals surface area contributed by atoms with Gasteiger partial charge in [-0.05, 0) is 38.1 Å². The fourth-order valence-corrected chi connectivity index (χ4v) is 2.40. The molecule has 0 N–H and O–H groups in total. The molecule has 2 aromatic carbocycles. The van der Waals surface area contributed by atoms with Crippen LogP contribution in [0.5, 0.6) is 0 Å². The van der Waals surface area contributed by atoms with Gasteiger partial charge in [0, 0.05) is 17.2 Å². The van der Waals surface area contributed by atoms with E-state index in [1.807, 2.05) is 18.2 Å². The van der Waals surface area contributed by atoms with Crippen LogP contribution in [-0.4, -0.2) is 11.0 Å². The van der Waals surface area contributed by atoms with Gasteiger partial charge >= 0.3 is 5.97 Å². The van der Waals surface area contributed by atoms with Gasteiger partial charge in [-0.15, -0.1) is 0 Å². The number of benzene rings is 2. The third-order valence-electron chi connectivity index (χ3n) is 3.69. The Balaban J connectivity index is 1.80. The van der Waals surface area contributed by atoms with Crippen LogP contribution in [-0.2, 0) is 4.74 Å². The molecule has 4 nitrogen and oxygen atoms in total. The van der Waals surface area contributed by atoms with Crippen molar-refractivity contribution >= 4 is 5.97 Å². The number of rotatable bonds is 4. The molecule has 0 saturated heterocycles. The van der Waals surface area contributed by atoms with Crippen molar-refractivity contribution in [2.75, 3.05) is 0 Å². The normalized spacial score (nSPS) is 12.0. The lowest BCUT2D eigenvalue weighted by Gasteiger charge is -2.13. The molecule has 6 heteroatoms. The Kier molecular flexibility index (Phi) is 4.61. The maximum atomic E-state index is 13.8. The maximum absolute atomic E-state index is 13.8. The highest BCUT2D eigenvalue weighted by Crippen LogP contribution is 2.25. The second kappa shape index (κ2) is 6.84. The van der Waals surface area contributed by atoms with Crippen molar-refractivity contribution in [1.29, 1.82) is 0 Å². The Morgan fingerprint density at radius 1 is 1.16 bits per heavy atom. The number of oxazole rings is 1. The number of esters is 1. The molecule has 0 spiro atoms. The molecule has 1 aromatic heterocycles. The molecule has 25 heavy (non-hydrogen) atoms. The SMILES string of the molecule is Cc1oc(-c2ccccc2)nc1C(=O)OC(C)c1ccc(F)cc1F. The molecule has 0 bridgehead atoms. The number of carbonyl (C=O) groups is 1. The van der Waals surface area contributed by atoms with Crippen LogP contribution in [0.4, 0.5) is 8.78 Å². The Morgan fingerprint density at radius 3 is 2.56 bits per heavy atom. The fraction of sp³-hybridized carbons (Fsp3) is 0.158. The number of nitrogens with zero attached hydrogens (tertiary/aromatic N) is 1. The summed E-state index contributed by atoms with van der Waals surface area (Å²) in [4.78, 5) is 16.5. The summed E-state index contributed by atoms with van der Waals surface area (Å²) in [6.07, 6.45) is -0.899. The topological polar surface area (TPSA) is 52.3 Å². The van der Waals surface area contributed by atoms with Crippen LogP contribution in [0, 0.1) is 18.6 Å². The number of halogens is 2. The van der Waals surface area contributed by atoms with E-state index >= 15 is 0 Å². The van der Waals surface area contributed by atoms with E-state index in [9.17, 15) is 13.6 Å². The molecule has 0 amide bonds. The van der Waals surface area contributed by atoms with Gasteiger partial charge in [-0.1, -0.05) is 18.2 Å². The minimum Gasteiger partial charge on any atom is -0.453 e. The Labute approximate surface area is 143 Å². The molecule has 1 unspecified atom stereocenters. The van der Waals surface area contributed by atoms with E-state index in [4.69, 9.17) is 9.15 Å². The highest BCUT2D eigenvalue weighted by atomic mass is 19.1. The molecule has 1 heterocycles. The zero-order valence-corrected chi connectivity index (χ0v) is 13.6. The molecule has 0 aliphatic heterocycles. The first-order chi connectivity index (χ1) is 12.0. The molecule has 3 aromatic rings. The van der Waals surface area contributed by atoms with Gasteiger partial charge in [0.2, 0.25) is 5.89 Å². The third-order valence-corrected chi connectivity index (χ3v) is 3.69. The van der Waals surface area contributed by atoms with E-state index in [1.165, 1.54) is 13.0 Å². The minimum absolute atomic E-state index is 0.0215. The lowest BCUT2D eigenvalue weighted by Crippen LogP contribution is -2.12. The number of hydrogen-bond donors (Lipinski definition) is 0. The molecule has 0 saturated carbocycles. The average Bonchev–Trinajstić information content (AvgIpc) is 2.97. The summed E-state index contributed by atoms with van der Waals surface area (Å²) in [5.74, 6) is -1.61. The van der Waals surface area contributed by atoms with Crippen LogP contribution in [0.15, 0.2) is 52.9 Å². The van der Waals surface area contributed by atoms with Crippen molar-refractivity contribution in [3.8, 4) is 11.5 Å². The molecule has 0 aliphatic rings. The summed E-state index contributed by atoms with van der Waals surface area (Å²) >= 11 is 0. The van der Waals surface area contributed by atoms with Crippen LogP contribution >= 0.6 is 0 Å². The smallest absolute Gasteiger partial charge is 0.361 e. The van der Waals surface area contributed by atoms with Crippen LogP contribution in [0.2, 0.25) is 0 Å². The van der Waals surface area contributed by atoms with Gasteiger partial charge in [0.15, 0.2) is 5.69 Å². The summed E-state index contributed by atoms with van der Waals surface area (Å²) in [5.41, 5.74) is 0.828. The van der Waals surface area contributed by atoms with Crippen molar-refractivity contribution in [1.82, 2.24) is 4.98 Å². The number of carbonyl (C=O) groups excluding carboxylic acids is 1. The number of aryl methyl sites for hydroxylation is 1. The fourth-order valence-electron chi connectivity index (χ4n) is 2.40. The van der Waals surface area contributed by atoms with Crippen LogP contribution in [0.1, 0.15) is 34.8 Å². The van der Waals surface area contributed by atoms with Gasteiger partial charge in [0.1, 0.15) is 23.5 Å². The maximum Gasteiger partial charge on any atom is 0.361 e. The largest absolute Gasteiger partial charge is 0.453 e. The summed E-state index contributed by atoms with van der Waals surface area (Å²) in [6, 6.07) is 12.2. The average molecular weight is 343 g/mol. The van der Waals surface area contributed by atoms with Crippen LogP contribution in [0.25, 0.3) is 11.5 Å². The molecule has 1 atom stereocenters. The second-order valence-corrected chi connectivity index (χ2v) is 5.50. The van der Waals surface area contributed by atoms with Crippen molar-refractivity contribution in [3.05, 3.63) is 77.2 Å². The summed E-state index contributed by atoms with van der Waals surface area (Å²) < 4.78 is 37.5. The van der Waals surface area contributed by atoms with E-state index in [0.717, 1.165) is 17.7 Å². The van der Waals surface area contributed by atoms with Gasteiger partial charge in [-0.2, -0.15) is 0 Å². The zero-order chi connectivity index (χ0) is 18.0. The molecule has 128 valence electrons. The highest BCUT2D eigenvalue weighted by Gasteiger charge is 2.23. The monoisotopic (exact) mass is 343 g/mol. The Morgan fingerprint density at radius 2 is 1.88 bits per heavy atom. The van der Waals surface area contributed by atoms with Crippen LogP contribution in [0.3, 0.4) is 0 Å². The Hall–Kier alpha value is -3.02. The minimum atomic E-state index is -0.899. The van der Waals surface area contributed by atoms with E-state index in [0.29, 0.717) is 11.7 Å². The quantitative estimate of drug-likeness (QED) is 0.636. The zero-order valence-electron chi connectivity index (χ0n) is 13.6. The first kappa shape index (κ1) is 16.8. The van der Waals surface area contributed by atoms with Crippen molar-refractivity contribution in [2.24, 2.45) is 0 Å². The summed E-state index contributed by atoms with van der Waals surface area (Å²) in [7, 11) is 0. The number of ether oxygens (including phenoxy) is 1. The van der Waals surface area contributed by atoms with Gasteiger partial charge < -0.3 is 9.15 Å². The van der Waals surface area contributed by atoms with E-state index in [-0.39, 0.29) is 11.3 Å². The predicted octanol–water partition coefficient (Wildman–Crippen LogP) is 4.85. The first-order valence-corrected chi connectivity index (χ1v) is 7.64. The first-order valence-electron chi connectivity index (χ1n) is 7.64. The van der Waals surface area contributed by atoms with Crippen molar-refractivity contribution < 1.29 is 22.7 Å². The summed E-state index contributed by atoms with van der Waals surface area (Å²) in [6.45, 7) is 3.10. The van der Waals surface area contributed by atoms with Crippen LogP contribution < -0.4 is 0 Å². The second-order valence-electron chi connectivity index (χ2n) is 5.50. The molecular weight excluding hydrogens is 328 g/mol. The van der Waals surface area contributed by atoms with Crippen molar-refractivity contribution in [3.63, 3.8) is 0 Å². The summed E-state index contributed by atoms with van der Waals surface area (Å²) in [5, 5.41) is 0. The molecule has 0 aliphatic carbocycles. The Bertz CT molecular complexity index is 906. The van der Waals surface area contributed by atoms with E-state index in [2.05, 4.69) is 4.98 Å². The van der Waals surface area contributed by atoms with E-state index < -0.39 is 23.7 Å². The predicted molar refractivity (Wildman–Crippen MR) is 86.9 cm³/mol. The lowest BCUT2D eigenvalue weighted by atomic mass is 10.1. The van der Waals surface area contributed by atoms with Crippen molar-refractivity contribution in [2.45, 2.75) is 20.0 Å². The van der Waals surface area contributed by atoms with Gasteiger partial charge in [0.25, 0.3) is 0 Å². The standard InChI is InChI=1S/C19H15F2NO3/c1-11(15-9-8-14(20)10-16(15)21)25-19(23)17-12(2)24-18(22-17)13-6-4-3-5-7-13/h3-11H,1-2H3. The van der Waals surface area contributed by atoms with Gasteiger partial charge in [-0.25, -0.2) is 18.6 Å². The molecule has 0 fully saturated rings. The number of hydrogen-bond acceptors (Lipinski definition) is 4. The molecule has 3 rings (SSSR count). The highest BCUT2D eigenvalue weighted by molar-refractivity contribution is 5.89. The lowest BCUT2D eigenvalue weighted by molar-refractivity contribution is 0.0323. The molecular formula is C19H15F2NO3. The molecule has 0 radical (unpaired) electrons. The third kappa shape index (κ3) is 3.57. The van der Waals surface area contributed by atoms with Gasteiger partial charge in [0.05, 0.1) is 0 Å². The van der Waals surface area contributed by atoms with Gasteiger partial charge in [-0.3, -0.25) is 0 Å². The van der Waals surface area contributed by atoms with E-state index in [1.54, 1.807) is 19.1 Å².